The number of hydrogen-bond acceptors (Lipinski definition) is 3. The normalized spacial score (nSPS) is 25.0. The van der Waals surface area contributed by atoms with Gasteiger partial charge in [-0.25, -0.2) is 0 Å². The highest BCUT2D eigenvalue weighted by Gasteiger charge is 2.24. The maximum absolute atomic E-state index is 5.65. The predicted molar refractivity (Wildman–Crippen MR) is 66.0 cm³/mol. The Morgan fingerprint density at radius 1 is 1.47 bits per heavy atom. The van der Waals surface area contributed by atoms with Gasteiger partial charge in [0.05, 0.1) is 0 Å². The summed E-state index contributed by atoms with van der Waals surface area (Å²) in [6, 6.07) is 0.782. The molecular formula is C12H27N3. The molecule has 0 aromatic carbocycles. The van der Waals surface area contributed by atoms with Crippen LogP contribution in [0.3, 0.4) is 0 Å². The number of hydrogen-bond donors (Lipinski definition) is 1. The summed E-state index contributed by atoms with van der Waals surface area (Å²) in [5, 5.41) is 0. The molecular weight excluding hydrogens is 186 g/mol. The molecule has 2 atom stereocenters. The number of nitrogens with zero attached hydrogens (tertiary/aromatic N) is 2. The SMILES string of the molecule is CC(CN)CCN1CCCC1CN(C)C. The quantitative estimate of drug-likeness (QED) is 0.714. The highest BCUT2D eigenvalue weighted by Crippen LogP contribution is 2.18. The van der Waals surface area contributed by atoms with Crippen molar-refractivity contribution in [2.45, 2.75) is 32.2 Å². The van der Waals surface area contributed by atoms with Crippen LogP contribution in [0.15, 0.2) is 0 Å². The summed E-state index contributed by atoms with van der Waals surface area (Å²) in [6.07, 6.45) is 3.99. The zero-order valence-electron chi connectivity index (χ0n) is 10.6. The summed E-state index contributed by atoms with van der Waals surface area (Å²) in [4.78, 5) is 4.95. The van der Waals surface area contributed by atoms with Crippen molar-refractivity contribution < 1.29 is 0 Å². The second-order valence-electron chi connectivity index (χ2n) is 5.22. The van der Waals surface area contributed by atoms with Gasteiger partial charge < -0.3 is 10.6 Å². The maximum atomic E-state index is 5.65. The Morgan fingerprint density at radius 2 is 2.20 bits per heavy atom. The average molecular weight is 213 g/mol. The van der Waals surface area contributed by atoms with Gasteiger partial charge in [0.25, 0.3) is 0 Å². The van der Waals surface area contributed by atoms with E-state index >= 15 is 0 Å². The summed E-state index contributed by atoms with van der Waals surface area (Å²) in [5.74, 6) is 0.672. The van der Waals surface area contributed by atoms with Crippen molar-refractivity contribution >= 4 is 0 Å². The van der Waals surface area contributed by atoms with Crippen LogP contribution in [-0.2, 0) is 0 Å². The Morgan fingerprint density at radius 3 is 2.80 bits per heavy atom. The second-order valence-corrected chi connectivity index (χ2v) is 5.22. The minimum atomic E-state index is 0.672. The molecule has 0 aliphatic carbocycles. The molecule has 0 radical (unpaired) electrons. The first-order valence-corrected chi connectivity index (χ1v) is 6.22. The van der Waals surface area contributed by atoms with E-state index in [-0.39, 0.29) is 0 Å². The molecule has 0 aromatic heterocycles. The van der Waals surface area contributed by atoms with Crippen molar-refractivity contribution in [1.29, 1.82) is 0 Å². The first-order valence-electron chi connectivity index (χ1n) is 6.22. The summed E-state index contributed by atoms with van der Waals surface area (Å²) in [5.41, 5.74) is 5.65. The zero-order chi connectivity index (χ0) is 11.3. The Bertz CT molecular complexity index is 170. The zero-order valence-corrected chi connectivity index (χ0v) is 10.6. The first kappa shape index (κ1) is 12.9. The smallest absolute Gasteiger partial charge is 0.0223 e. The van der Waals surface area contributed by atoms with Gasteiger partial charge in [-0.2, -0.15) is 0 Å². The molecule has 0 amide bonds. The van der Waals surface area contributed by atoms with Gasteiger partial charge in [0, 0.05) is 12.6 Å². The molecule has 0 aromatic rings. The molecule has 1 heterocycles. The van der Waals surface area contributed by atoms with Crippen LogP contribution in [0.5, 0.6) is 0 Å². The molecule has 1 aliphatic heterocycles. The Kier molecular flexibility index (Phi) is 5.58. The van der Waals surface area contributed by atoms with E-state index in [2.05, 4.69) is 30.8 Å². The van der Waals surface area contributed by atoms with Crippen LogP contribution >= 0.6 is 0 Å². The molecule has 1 fully saturated rings. The van der Waals surface area contributed by atoms with Crippen LogP contribution in [0.2, 0.25) is 0 Å². The van der Waals surface area contributed by atoms with Crippen LogP contribution in [0.1, 0.15) is 26.2 Å². The van der Waals surface area contributed by atoms with E-state index in [1.807, 2.05) is 0 Å². The summed E-state index contributed by atoms with van der Waals surface area (Å²) >= 11 is 0. The van der Waals surface area contributed by atoms with E-state index in [1.54, 1.807) is 0 Å². The Labute approximate surface area is 94.6 Å². The monoisotopic (exact) mass is 213 g/mol. The van der Waals surface area contributed by atoms with E-state index in [9.17, 15) is 0 Å². The van der Waals surface area contributed by atoms with Gasteiger partial charge in [-0.1, -0.05) is 6.92 Å². The van der Waals surface area contributed by atoms with Gasteiger partial charge in [0.1, 0.15) is 0 Å². The fraction of sp³-hybridized carbons (Fsp3) is 1.00. The number of likely N-dealkylation sites (tertiary alicyclic amines) is 1. The second kappa shape index (κ2) is 6.46. The fourth-order valence-corrected chi connectivity index (χ4v) is 2.32. The molecule has 0 saturated carbocycles. The highest BCUT2D eigenvalue weighted by atomic mass is 15.2. The van der Waals surface area contributed by atoms with Gasteiger partial charge in [-0.05, 0) is 58.9 Å². The summed E-state index contributed by atoms with van der Waals surface area (Å²) in [6.45, 7) is 6.80. The van der Waals surface area contributed by atoms with Gasteiger partial charge >= 0.3 is 0 Å². The lowest BCUT2D eigenvalue weighted by atomic mass is 10.1. The molecule has 1 saturated heterocycles. The van der Waals surface area contributed by atoms with Gasteiger partial charge in [0.15, 0.2) is 0 Å². The summed E-state index contributed by atoms with van der Waals surface area (Å²) in [7, 11) is 4.33. The van der Waals surface area contributed by atoms with Crippen molar-refractivity contribution in [3.05, 3.63) is 0 Å². The standard InChI is InChI=1S/C12H27N3/c1-11(9-13)6-8-15-7-4-5-12(15)10-14(2)3/h11-12H,4-10,13H2,1-3H3. The highest BCUT2D eigenvalue weighted by molar-refractivity contribution is 4.81. The van der Waals surface area contributed by atoms with Crippen molar-refractivity contribution in [3.8, 4) is 0 Å². The number of rotatable bonds is 6. The minimum absolute atomic E-state index is 0.672. The van der Waals surface area contributed by atoms with Crippen molar-refractivity contribution in [1.82, 2.24) is 9.80 Å². The number of likely N-dealkylation sites (N-methyl/N-ethyl adjacent to an activating group) is 1. The maximum Gasteiger partial charge on any atom is 0.0223 e. The van der Waals surface area contributed by atoms with E-state index in [0.717, 1.165) is 12.6 Å². The van der Waals surface area contributed by atoms with Gasteiger partial charge in [-0.15, -0.1) is 0 Å². The van der Waals surface area contributed by atoms with Crippen LogP contribution in [0, 0.1) is 5.92 Å². The van der Waals surface area contributed by atoms with Crippen molar-refractivity contribution in [2.24, 2.45) is 11.7 Å². The predicted octanol–water partition coefficient (Wildman–Crippen LogP) is 0.997. The summed E-state index contributed by atoms with van der Waals surface area (Å²) < 4.78 is 0. The molecule has 90 valence electrons. The van der Waals surface area contributed by atoms with Crippen molar-refractivity contribution in [2.75, 3.05) is 40.3 Å². The molecule has 2 unspecified atom stereocenters. The lowest BCUT2D eigenvalue weighted by Gasteiger charge is -2.27. The third kappa shape index (κ3) is 4.49. The van der Waals surface area contributed by atoms with E-state index < -0.39 is 0 Å². The van der Waals surface area contributed by atoms with Crippen LogP contribution < -0.4 is 5.73 Å². The fourth-order valence-electron chi connectivity index (χ4n) is 2.32. The van der Waals surface area contributed by atoms with Crippen LogP contribution in [-0.4, -0.2) is 56.1 Å². The first-order chi connectivity index (χ1) is 7.13. The molecule has 1 rings (SSSR count). The molecule has 3 heteroatoms. The van der Waals surface area contributed by atoms with Crippen LogP contribution in [0.25, 0.3) is 0 Å². The lowest BCUT2D eigenvalue weighted by Crippen LogP contribution is -2.38. The molecule has 1 aliphatic rings. The Balaban J connectivity index is 2.26. The average Bonchev–Trinajstić information content (AvgIpc) is 2.61. The Hall–Kier alpha value is -0.120. The van der Waals surface area contributed by atoms with E-state index in [4.69, 9.17) is 5.73 Å². The molecule has 2 N–H and O–H groups in total. The molecule has 0 bridgehead atoms. The topological polar surface area (TPSA) is 32.5 Å². The van der Waals surface area contributed by atoms with Crippen molar-refractivity contribution in [3.63, 3.8) is 0 Å². The third-order valence-electron chi connectivity index (χ3n) is 3.39. The largest absolute Gasteiger partial charge is 0.330 e. The van der Waals surface area contributed by atoms with Gasteiger partial charge in [0.2, 0.25) is 0 Å². The molecule has 3 nitrogen and oxygen atoms in total. The van der Waals surface area contributed by atoms with E-state index in [0.29, 0.717) is 5.92 Å². The third-order valence-corrected chi connectivity index (χ3v) is 3.39. The minimum Gasteiger partial charge on any atom is -0.330 e. The number of nitrogens with two attached hydrogens (primary N) is 1. The van der Waals surface area contributed by atoms with Crippen LogP contribution in [0.4, 0.5) is 0 Å². The molecule has 0 spiro atoms. The molecule has 15 heavy (non-hydrogen) atoms. The lowest BCUT2D eigenvalue weighted by molar-refractivity contribution is 0.198. The van der Waals surface area contributed by atoms with Gasteiger partial charge in [-0.3, -0.25) is 4.90 Å². The van der Waals surface area contributed by atoms with E-state index in [1.165, 1.54) is 38.9 Å².